The van der Waals surface area contributed by atoms with Gasteiger partial charge in [0.15, 0.2) is 5.16 Å². The second kappa shape index (κ2) is 10.1. The molecule has 6 heteroatoms. The number of aromatic nitrogens is 2. The molecule has 1 aliphatic rings. The van der Waals surface area contributed by atoms with Crippen molar-refractivity contribution >= 4 is 33.4 Å². The second-order valence-electron chi connectivity index (χ2n) is 9.27. The number of aryl methyl sites for hydroxylation is 1. The van der Waals surface area contributed by atoms with Crippen LogP contribution in [0.3, 0.4) is 0 Å². The van der Waals surface area contributed by atoms with E-state index in [-0.39, 0.29) is 5.43 Å². The van der Waals surface area contributed by atoms with Crippen molar-refractivity contribution < 1.29 is 0 Å². The van der Waals surface area contributed by atoms with Crippen LogP contribution in [0.25, 0.3) is 16.0 Å². The Morgan fingerprint density at radius 2 is 1.61 bits per heavy atom. The molecule has 0 unspecified atom stereocenters. The molecule has 0 saturated heterocycles. The summed E-state index contributed by atoms with van der Waals surface area (Å²) in [5.41, 5.74) is 6.46. The first kappa shape index (κ1) is 23.2. The Hall–Kier alpha value is -3.19. The van der Waals surface area contributed by atoms with Crippen LogP contribution in [0, 0.1) is 6.92 Å². The van der Waals surface area contributed by atoms with Gasteiger partial charge in [-0.1, -0.05) is 90.1 Å². The minimum Gasteiger partial charge on any atom is -0.294 e. The summed E-state index contributed by atoms with van der Waals surface area (Å²) in [7, 11) is 0. The Kier molecular flexibility index (Phi) is 6.48. The minimum atomic E-state index is 0.102. The standard InChI is InChI=1S/C30H27N3OS2/c1-21-12-14-24(15-13-21)33-29-27(31-30(33)35-20-23-10-6-3-7-11-23)28(34)25-16-17-32(19-26(25)36-29)18-22-8-4-2-5-9-22/h2-15H,16-20H2,1H3. The van der Waals surface area contributed by atoms with Crippen LogP contribution in [0.2, 0.25) is 0 Å². The number of nitrogens with zero attached hydrogens (tertiary/aromatic N) is 3. The number of thioether (sulfide) groups is 1. The quantitative estimate of drug-likeness (QED) is 0.242. The summed E-state index contributed by atoms with van der Waals surface area (Å²) in [6.07, 6.45) is 0.775. The Morgan fingerprint density at radius 3 is 2.33 bits per heavy atom. The van der Waals surface area contributed by atoms with Gasteiger partial charge in [-0.15, -0.1) is 11.3 Å². The van der Waals surface area contributed by atoms with E-state index in [2.05, 4.69) is 95.3 Å². The van der Waals surface area contributed by atoms with Gasteiger partial charge in [0.2, 0.25) is 5.43 Å². The van der Waals surface area contributed by atoms with E-state index in [4.69, 9.17) is 4.98 Å². The molecule has 0 spiro atoms. The molecule has 0 amide bonds. The molecular weight excluding hydrogens is 482 g/mol. The molecule has 0 atom stereocenters. The number of rotatable bonds is 6. The highest BCUT2D eigenvalue weighted by Crippen LogP contribution is 2.34. The van der Waals surface area contributed by atoms with Crippen molar-refractivity contribution in [3.63, 3.8) is 0 Å². The normalized spacial score (nSPS) is 13.7. The van der Waals surface area contributed by atoms with Crippen LogP contribution in [0.15, 0.2) is 94.9 Å². The zero-order chi connectivity index (χ0) is 24.5. The van der Waals surface area contributed by atoms with Gasteiger partial charge in [0, 0.05) is 41.5 Å². The molecule has 0 saturated carbocycles. The molecule has 0 bridgehead atoms. The van der Waals surface area contributed by atoms with Gasteiger partial charge in [-0.05, 0) is 36.6 Å². The predicted octanol–water partition coefficient (Wildman–Crippen LogP) is 6.61. The Balaban J connectivity index is 1.41. The van der Waals surface area contributed by atoms with Gasteiger partial charge in [-0.2, -0.15) is 0 Å². The lowest BCUT2D eigenvalue weighted by molar-refractivity contribution is 0.248. The van der Waals surface area contributed by atoms with Gasteiger partial charge in [0.25, 0.3) is 0 Å². The molecule has 6 rings (SSSR count). The predicted molar refractivity (Wildman–Crippen MR) is 150 cm³/mol. The first-order valence-electron chi connectivity index (χ1n) is 12.2. The van der Waals surface area contributed by atoms with Crippen LogP contribution >= 0.6 is 23.1 Å². The summed E-state index contributed by atoms with van der Waals surface area (Å²) in [6, 6.07) is 29.5. The average Bonchev–Trinajstić information content (AvgIpc) is 3.28. The number of hydrogen-bond donors (Lipinski definition) is 0. The van der Waals surface area contributed by atoms with E-state index in [0.717, 1.165) is 53.0 Å². The molecule has 4 nitrogen and oxygen atoms in total. The molecule has 0 N–H and O–H groups in total. The molecular formula is C30H27N3OS2. The Labute approximate surface area is 219 Å². The maximum atomic E-state index is 13.7. The van der Waals surface area contributed by atoms with Crippen molar-refractivity contribution in [3.05, 3.63) is 122 Å². The van der Waals surface area contributed by atoms with Crippen molar-refractivity contribution in [1.82, 2.24) is 14.5 Å². The highest BCUT2D eigenvalue weighted by molar-refractivity contribution is 7.98. The lowest BCUT2D eigenvalue weighted by Crippen LogP contribution is -2.32. The summed E-state index contributed by atoms with van der Waals surface area (Å²) in [5.74, 6) is 0.805. The average molecular weight is 510 g/mol. The SMILES string of the molecule is Cc1ccc(-n2c(SCc3ccccc3)nc3c(=O)c4c(sc32)CN(Cc2ccccc2)CC4)cc1. The summed E-state index contributed by atoms with van der Waals surface area (Å²) in [6.45, 7) is 4.68. The third-order valence-electron chi connectivity index (χ3n) is 6.65. The first-order chi connectivity index (χ1) is 17.7. The van der Waals surface area contributed by atoms with Gasteiger partial charge < -0.3 is 0 Å². The van der Waals surface area contributed by atoms with E-state index in [0.29, 0.717) is 5.52 Å². The van der Waals surface area contributed by atoms with Crippen LogP contribution in [-0.4, -0.2) is 21.0 Å². The number of hydrogen-bond acceptors (Lipinski definition) is 5. The first-order valence-corrected chi connectivity index (χ1v) is 14.0. The number of imidazole rings is 1. The molecule has 5 aromatic rings. The molecule has 3 aromatic carbocycles. The highest BCUT2D eigenvalue weighted by Gasteiger charge is 2.25. The highest BCUT2D eigenvalue weighted by atomic mass is 32.2. The molecule has 0 fully saturated rings. The topological polar surface area (TPSA) is 38.1 Å². The van der Waals surface area contributed by atoms with Gasteiger partial charge in [-0.3, -0.25) is 14.3 Å². The van der Waals surface area contributed by atoms with Gasteiger partial charge >= 0.3 is 0 Å². The Morgan fingerprint density at radius 1 is 0.917 bits per heavy atom. The van der Waals surface area contributed by atoms with Gasteiger partial charge in [-0.25, -0.2) is 4.98 Å². The van der Waals surface area contributed by atoms with Crippen LogP contribution in [0.5, 0.6) is 0 Å². The summed E-state index contributed by atoms with van der Waals surface area (Å²) in [5, 5.41) is 0.870. The fraction of sp³-hybridized carbons (Fsp3) is 0.200. The molecule has 2 aromatic heterocycles. The van der Waals surface area contributed by atoms with Crippen molar-refractivity contribution in [3.8, 4) is 5.69 Å². The fourth-order valence-corrected chi connectivity index (χ4v) is 7.07. The van der Waals surface area contributed by atoms with Gasteiger partial charge in [0.05, 0.1) is 0 Å². The third kappa shape index (κ3) is 4.64. The largest absolute Gasteiger partial charge is 0.294 e. The summed E-state index contributed by atoms with van der Waals surface area (Å²) >= 11 is 3.42. The lowest BCUT2D eigenvalue weighted by atomic mass is 10.1. The summed E-state index contributed by atoms with van der Waals surface area (Å²) < 4.78 is 2.19. The van der Waals surface area contributed by atoms with Crippen molar-refractivity contribution in [1.29, 1.82) is 0 Å². The zero-order valence-corrected chi connectivity index (χ0v) is 21.8. The van der Waals surface area contributed by atoms with E-state index in [1.165, 1.54) is 21.6 Å². The van der Waals surface area contributed by atoms with Crippen LogP contribution in [0.4, 0.5) is 0 Å². The maximum absolute atomic E-state index is 13.7. The van der Waals surface area contributed by atoms with E-state index in [1.54, 1.807) is 23.1 Å². The lowest BCUT2D eigenvalue weighted by Gasteiger charge is -2.27. The molecule has 180 valence electrons. The monoisotopic (exact) mass is 509 g/mol. The summed E-state index contributed by atoms with van der Waals surface area (Å²) in [4.78, 5) is 23.2. The fourth-order valence-electron chi connectivity index (χ4n) is 4.73. The maximum Gasteiger partial charge on any atom is 0.211 e. The van der Waals surface area contributed by atoms with Gasteiger partial charge in [0.1, 0.15) is 10.3 Å². The minimum absolute atomic E-state index is 0.102. The van der Waals surface area contributed by atoms with Crippen LogP contribution in [-0.2, 0) is 25.3 Å². The number of fused-ring (bicyclic) bond motifs is 2. The third-order valence-corrected chi connectivity index (χ3v) is 8.85. The molecule has 3 heterocycles. The second-order valence-corrected chi connectivity index (χ2v) is 11.3. The number of benzene rings is 3. The molecule has 1 aliphatic heterocycles. The van der Waals surface area contributed by atoms with Crippen molar-refractivity contribution in [2.45, 2.75) is 37.3 Å². The van der Waals surface area contributed by atoms with Crippen molar-refractivity contribution in [2.75, 3.05) is 6.54 Å². The van der Waals surface area contributed by atoms with E-state index < -0.39 is 0 Å². The van der Waals surface area contributed by atoms with E-state index in [1.807, 2.05) is 6.07 Å². The molecule has 36 heavy (non-hydrogen) atoms. The zero-order valence-electron chi connectivity index (χ0n) is 20.2. The van der Waals surface area contributed by atoms with E-state index in [9.17, 15) is 4.79 Å². The van der Waals surface area contributed by atoms with Crippen LogP contribution < -0.4 is 5.43 Å². The molecule has 0 radical (unpaired) electrons. The smallest absolute Gasteiger partial charge is 0.211 e. The van der Waals surface area contributed by atoms with Crippen molar-refractivity contribution in [2.24, 2.45) is 0 Å². The van der Waals surface area contributed by atoms with E-state index >= 15 is 0 Å². The Bertz CT molecular complexity index is 1560. The molecule has 0 aliphatic carbocycles. The van der Waals surface area contributed by atoms with Crippen LogP contribution in [0.1, 0.15) is 27.1 Å².